The van der Waals surface area contributed by atoms with Gasteiger partial charge in [-0.15, -0.1) is 0 Å². The molecule has 1 aromatic carbocycles. The zero-order valence-electron chi connectivity index (χ0n) is 25.4. The van der Waals surface area contributed by atoms with E-state index in [1.807, 2.05) is 29.2 Å². The smallest absolute Gasteiger partial charge is 0.418 e. The van der Waals surface area contributed by atoms with Crippen molar-refractivity contribution < 1.29 is 32.2 Å². The Hall–Kier alpha value is -3.34. The standard InChI is InChI=1S/C31H43F3N4O4/c1-29(2,3)41-27(39)36-15-9-10-17-37(21-26-25(31(32,33)34)14-11-16-35-26)20-24-18-22-12-7-8-13-23(22)19-38(24)28(40)42-30(4,5)6/h7-8,11-14,16,24H,9-10,15,17-21H2,1-6H3,(H,36,39). The first-order chi connectivity index (χ1) is 19.5. The van der Waals surface area contributed by atoms with Crippen LogP contribution in [0.5, 0.6) is 0 Å². The molecule has 1 N–H and O–H groups in total. The number of hydrogen-bond acceptors (Lipinski definition) is 6. The predicted octanol–water partition coefficient (Wildman–Crippen LogP) is 6.57. The second-order valence-electron chi connectivity index (χ2n) is 12.6. The average Bonchev–Trinajstić information content (AvgIpc) is 2.85. The SMILES string of the molecule is CC(C)(C)OC(=O)NCCCCN(Cc1ncccc1C(F)(F)F)CC1Cc2ccccc2CN1C(=O)OC(C)(C)C. The fourth-order valence-electron chi connectivity index (χ4n) is 4.82. The topological polar surface area (TPSA) is 84.0 Å². The number of carbonyl (C=O) groups is 2. The number of pyridine rings is 1. The van der Waals surface area contributed by atoms with E-state index in [2.05, 4.69) is 10.3 Å². The van der Waals surface area contributed by atoms with Gasteiger partial charge in [-0.3, -0.25) is 14.8 Å². The molecular formula is C31H43F3N4O4. The number of hydrogen-bond donors (Lipinski definition) is 1. The number of rotatable bonds is 9. The summed E-state index contributed by atoms with van der Waals surface area (Å²) in [6.45, 7) is 12.2. The summed E-state index contributed by atoms with van der Waals surface area (Å²) in [5.74, 6) is 0. The van der Waals surface area contributed by atoms with Crippen molar-refractivity contribution in [2.75, 3.05) is 19.6 Å². The highest BCUT2D eigenvalue weighted by Crippen LogP contribution is 2.32. The molecule has 0 spiro atoms. The van der Waals surface area contributed by atoms with Gasteiger partial charge in [0.15, 0.2) is 0 Å². The van der Waals surface area contributed by atoms with Crippen molar-refractivity contribution >= 4 is 12.2 Å². The van der Waals surface area contributed by atoms with Crippen molar-refractivity contribution in [3.05, 3.63) is 65.0 Å². The average molecular weight is 593 g/mol. The van der Waals surface area contributed by atoms with Gasteiger partial charge in [0, 0.05) is 32.4 Å². The molecule has 0 aliphatic carbocycles. The Morgan fingerprint density at radius 1 is 0.976 bits per heavy atom. The summed E-state index contributed by atoms with van der Waals surface area (Å²) in [6, 6.07) is 9.84. The van der Waals surface area contributed by atoms with Crippen LogP contribution in [0, 0.1) is 0 Å². The Kier molecular flexibility index (Phi) is 10.9. The van der Waals surface area contributed by atoms with Gasteiger partial charge in [0.2, 0.25) is 0 Å². The van der Waals surface area contributed by atoms with Crippen molar-refractivity contribution in [3.8, 4) is 0 Å². The zero-order chi connectivity index (χ0) is 31.1. The molecule has 1 unspecified atom stereocenters. The zero-order valence-corrected chi connectivity index (χ0v) is 25.4. The highest BCUT2D eigenvalue weighted by atomic mass is 19.4. The Morgan fingerprint density at radius 3 is 2.29 bits per heavy atom. The van der Waals surface area contributed by atoms with Gasteiger partial charge in [0.1, 0.15) is 11.2 Å². The van der Waals surface area contributed by atoms with E-state index in [-0.39, 0.29) is 18.3 Å². The quantitative estimate of drug-likeness (QED) is 0.332. The number of aromatic nitrogens is 1. The van der Waals surface area contributed by atoms with Crippen LogP contribution in [0.25, 0.3) is 0 Å². The van der Waals surface area contributed by atoms with E-state index in [9.17, 15) is 22.8 Å². The van der Waals surface area contributed by atoms with E-state index >= 15 is 0 Å². The van der Waals surface area contributed by atoms with Crippen molar-refractivity contribution in [1.82, 2.24) is 20.1 Å². The molecule has 11 heteroatoms. The summed E-state index contributed by atoms with van der Waals surface area (Å²) in [6.07, 6.45) is -2.43. The number of ether oxygens (including phenoxy) is 2. The maximum absolute atomic E-state index is 13.8. The highest BCUT2D eigenvalue weighted by Gasteiger charge is 2.36. The van der Waals surface area contributed by atoms with E-state index in [0.717, 1.165) is 17.2 Å². The third-order valence-electron chi connectivity index (χ3n) is 6.59. The molecule has 0 bridgehead atoms. The van der Waals surface area contributed by atoms with Crippen LogP contribution >= 0.6 is 0 Å². The molecule has 1 aliphatic heterocycles. The first kappa shape index (κ1) is 33.2. The molecule has 2 heterocycles. The maximum Gasteiger partial charge on any atom is 0.418 e. The molecule has 3 rings (SSSR count). The van der Waals surface area contributed by atoms with Gasteiger partial charge in [-0.1, -0.05) is 24.3 Å². The van der Waals surface area contributed by atoms with Gasteiger partial charge >= 0.3 is 18.4 Å². The molecule has 0 radical (unpaired) electrons. The Balaban J connectivity index is 1.79. The van der Waals surface area contributed by atoms with Gasteiger partial charge in [-0.25, -0.2) is 9.59 Å². The number of alkyl carbamates (subject to hydrolysis) is 1. The second-order valence-corrected chi connectivity index (χ2v) is 12.6. The van der Waals surface area contributed by atoms with Crippen LogP contribution in [0.15, 0.2) is 42.6 Å². The fraction of sp³-hybridized carbons (Fsp3) is 0.581. The van der Waals surface area contributed by atoms with Crippen LogP contribution < -0.4 is 5.32 Å². The molecule has 0 fully saturated rings. The maximum atomic E-state index is 13.8. The number of alkyl halides is 3. The van der Waals surface area contributed by atoms with Crippen molar-refractivity contribution in [2.24, 2.45) is 0 Å². The van der Waals surface area contributed by atoms with E-state index in [0.29, 0.717) is 45.4 Å². The van der Waals surface area contributed by atoms with Crippen molar-refractivity contribution in [3.63, 3.8) is 0 Å². The first-order valence-electron chi connectivity index (χ1n) is 14.3. The normalized spacial score (nSPS) is 15.8. The largest absolute Gasteiger partial charge is 0.444 e. The number of unbranched alkanes of at least 4 members (excludes halogenated alkanes) is 1. The third-order valence-corrected chi connectivity index (χ3v) is 6.59. The molecule has 0 saturated carbocycles. The lowest BCUT2D eigenvalue weighted by Gasteiger charge is -2.40. The van der Waals surface area contributed by atoms with Crippen LogP contribution in [0.1, 0.15) is 76.8 Å². The summed E-state index contributed by atoms with van der Waals surface area (Å²) >= 11 is 0. The third kappa shape index (κ3) is 10.5. The molecule has 2 amide bonds. The summed E-state index contributed by atoms with van der Waals surface area (Å²) < 4.78 is 52.4. The molecule has 2 aromatic rings. The van der Waals surface area contributed by atoms with Gasteiger partial charge in [-0.05, 0) is 90.6 Å². The molecule has 232 valence electrons. The second kappa shape index (κ2) is 13.8. The minimum Gasteiger partial charge on any atom is -0.444 e. The number of benzene rings is 1. The van der Waals surface area contributed by atoms with Gasteiger partial charge in [-0.2, -0.15) is 13.2 Å². The molecule has 42 heavy (non-hydrogen) atoms. The van der Waals surface area contributed by atoms with Crippen molar-refractivity contribution in [1.29, 1.82) is 0 Å². The molecule has 1 aliphatic rings. The Labute approximate surface area is 246 Å². The molecule has 0 saturated heterocycles. The van der Waals surface area contributed by atoms with Crippen LogP contribution in [-0.2, 0) is 35.2 Å². The Morgan fingerprint density at radius 2 is 1.64 bits per heavy atom. The van der Waals surface area contributed by atoms with Crippen molar-refractivity contribution in [2.45, 2.75) is 97.3 Å². The van der Waals surface area contributed by atoms with Crippen LogP contribution in [0.4, 0.5) is 22.8 Å². The summed E-state index contributed by atoms with van der Waals surface area (Å²) in [5.41, 5.74) is -0.0505. The number of nitrogens with zero attached hydrogens (tertiary/aromatic N) is 3. The first-order valence-corrected chi connectivity index (χ1v) is 14.3. The number of carbonyl (C=O) groups excluding carboxylic acids is 2. The molecule has 8 nitrogen and oxygen atoms in total. The lowest BCUT2D eigenvalue weighted by Crippen LogP contribution is -2.51. The van der Waals surface area contributed by atoms with E-state index in [4.69, 9.17) is 9.47 Å². The van der Waals surface area contributed by atoms with Crippen LogP contribution in [-0.4, -0.2) is 63.8 Å². The number of amides is 2. The number of fused-ring (bicyclic) bond motifs is 1. The highest BCUT2D eigenvalue weighted by molar-refractivity contribution is 5.69. The minimum atomic E-state index is -4.54. The summed E-state index contributed by atoms with van der Waals surface area (Å²) in [5, 5.41) is 2.72. The molecule has 1 aromatic heterocycles. The lowest BCUT2D eigenvalue weighted by molar-refractivity contribution is -0.138. The van der Waals surface area contributed by atoms with Crippen LogP contribution in [0.3, 0.4) is 0 Å². The van der Waals surface area contributed by atoms with Crippen LogP contribution in [0.2, 0.25) is 0 Å². The van der Waals surface area contributed by atoms with E-state index in [1.54, 1.807) is 46.4 Å². The number of halogens is 3. The lowest BCUT2D eigenvalue weighted by atomic mass is 9.93. The summed E-state index contributed by atoms with van der Waals surface area (Å²) in [7, 11) is 0. The van der Waals surface area contributed by atoms with E-state index in [1.165, 1.54) is 12.3 Å². The minimum absolute atomic E-state index is 0.0461. The monoisotopic (exact) mass is 592 g/mol. The molecular weight excluding hydrogens is 549 g/mol. The van der Waals surface area contributed by atoms with Gasteiger partial charge < -0.3 is 14.8 Å². The number of nitrogens with one attached hydrogen (secondary N) is 1. The predicted molar refractivity (Wildman–Crippen MR) is 154 cm³/mol. The molecule has 1 atom stereocenters. The van der Waals surface area contributed by atoms with Gasteiger partial charge in [0.25, 0.3) is 0 Å². The van der Waals surface area contributed by atoms with E-state index < -0.39 is 35.1 Å². The van der Waals surface area contributed by atoms with Gasteiger partial charge in [0.05, 0.1) is 17.3 Å². The Bertz CT molecular complexity index is 1210. The fourth-order valence-corrected chi connectivity index (χ4v) is 4.82. The summed E-state index contributed by atoms with van der Waals surface area (Å²) in [4.78, 5) is 32.9.